The van der Waals surface area contributed by atoms with E-state index in [4.69, 9.17) is 0 Å². The van der Waals surface area contributed by atoms with Gasteiger partial charge in [0.15, 0.2) is 0 Å². The van der Waals surface area contributed by atoms with Crippen LogP contribution in [0.15, 0.2) is 54.6 Å². The molecule has 4 rings (SSSR count). The van der Waals surface area contributed by atoms with Gasteiger partial charge in [-0.2, -0.15) is 5.10 Å². The van der Waals surface area contributed by atoms with Gasteiger partial charge < -0.3 is 4.90 Å². The molecule has 132 valence electrons. The fourth-order valence-corrected chi connectivity index (χ4v) is 3.97. The average Bonchev–Trinajstić information content (AvgIpc) is 2.92. The predicted octanol–water partition coefficient (Wildman–Crippen LogP) is 3.82. The summed E-state index contributed by atoms with van der Waals surface area (Å²) in [6, 6.07) is 18.9. The Bertz CT molecular complexity index is 959. The molecule has 1 atom stereocenters. The summed E-state index contributed by atoms with van der Waals surface area (Å²) < 4.78 is 1.79. The Morgan fingerprint density at radius 3 is 2.42 bits per heavy atom. The highest BCUT2D eigenvalue weighted by Gasteiger charge is 2.31. The van der Waals surface area contributed by atoms with Crippen LogP contribution in [0.5, 0.6) is 0 Å². The molecule has 0 fully saturated rings. The SMILES string of the molecule is Cc1nn(C)c(C)c1C(=O)N1Cc2ccccc2[C@H](c2ccccc2)C1. The third-order valence-electron chi connectivity index (χ3n) is 5.41. The number of hydrogen-bond acceptors (Lipinski definition) is 2. The van der Waals surface area contributed by atoms with Gasteiger partial charge in [-0.05, 0) is 30.5 Å². The summed E-state index contributed by atoms with van der Waals surface area (Å²) in [5.74, 6) is 0.269. The highest BCUT2D eigenvalue weighted by molar-refractivity contribution is 5.96. The molecule has 0 N–H and O–H groups in total. The third kappa shape index (κ3) is 2.71. The third-order valence-corrected chi connectivity index (χ3v) is 5.41. The minimum absolute atomic E-state index is 0.0727. The molecule has 2 heterocycles. The van der Waals surface area contributed by atoms with Gasteiger partial charge in [0.2, 0.25) is 0 Å². The van der Waals surface area contributed by atoms with E-state index in [9.17, 15) is 4.79 Å². The van der Waals surface area contributed by atoms with Gasteiger partial charge in [0.1, 0.15) is 0 Å². The molecule has 0 bridgehead atoms. The highest BCUT2D eigenvalue weighted by atomic mass is 16.2. The van der Waals surface area contributed by atoms with Gasteiger partial charge >= 0.3 is 0 Å². The fourth-order valence-electron chi connectivity index (χ4n) is 3.97. The number of hydrogen-bond donors (Lipinski definition) is 0. The van der Waals surface area contributed by atoms with Crippen molar-refractivity contribution in [3.05, 3.63) is 88.2 Å². The van der Waals surface area contributed by atoms with E-state index in [1.165, 1.54) is 16.7 Å². The van der Waals surface area contributed by atoms with E-state index in [0.717, 1.165) is 17.0 Å². The molecule has 1 aliphatic heterocycles. The van der Waals surface area contributed by atoms with E-state index in [2.05, 4.69) is 53.6 Å². The number of nitrogens with zero attached hydrogens (tertiary/aromatic N) is 3. The van der Waals surface area contributed by atoms with Crippen LogP contribution in [0.25, 0.3) is 0 Å². The predicted molar refractivity (Wildman–Crippen MR) is 102 cm³/mol. The standard InChI is InChI=1S/C22H23N3O/c1-15-21(16(2)24(3)23-15)22(26)25-13-18-11-7-8-12-19(18)20(14-25)17-9-5-4-6-10-17/h4-12,20H,13-14H2,1-3H3/t20-/m0/s1. The minimum atomic E-state index is 0.0727. The summed E-state index contributed by atoms with van der Waals surface area (Å²) in [5.41, 5.74) is 6.24. The molecule has 2 aromatic carbocycles. The summed E-state index contributed by atoms with van der Waals surface area (Å²) in [7, 11) is 1.89. The lowest BCUT2D eigenvalue weighted by molar-refractivity contribution is 0.0723. The molecule has 1 amide bonds. The van der Waals surface area contributed by atoms with E-state index >= 15 is 0 Å². The maximum atomic E-state index is 13.3. The first kappa shape index (κ1) is 16.6. The van der Waals surface area contributed by atoms with Crippen molar-refractivity contribution < 1.29 is 4.79 Å². The topological polar surface area (TPSA) is 38.1 Å². The summed E-state index contributed by atoms with van der Waals surface area (Å²) in [5, 5.41) is 4.42. The van der Waals surface area contributed by atoms with E-state index < -0.39 is 0 Å². The molecule has 0 unspecified atom stereocenters. The van der Waals surface area contributed by atoms with E-state index in [0.29, 0.717) is 13.1 Å². The Hall–Kier alpha value is -2.88. The van der Waals surface area contributed by atoms with Crippen LogP contribution >= 0.6 is 0 Å². The van der Waals surface area contributed by atoms with Crippen molar-refractivity contribution in [2.45, 2.75) is 26.3 Å². The second kappa shape index (κ2) is 6.45. The number of carbonyl (C=O) groups excluding carboxylic acids is 1. The number of carbonyl (C=O) groups is 1. The molecule has 0 aliphatic carbocycles. The largest absolute Gasteiger partial charge is 0.333 e. The first-order valence-electron chi connectivity index (χ1n) is 8.98. The van der Waals surface area contributed by atoms with Crippen LogP contribution in [-0.4, -0.2) is 27.1 Å². The maximum Gasteiger partial charge on any atom is 0.257 e. The summed E-state index contributed by atoms with van der Waals surface area (Å²) in [4.78, 5) is 15.3. The van der Waals surface area contributed by atoms with Crippen molar-refractivity contribution in [2.75, 3.05) is 6.54 Å². The number of aromatic nitrogens is 2. The molecule has 0 spiro atoms. The van der Waals surface area contributed by atoms with Crippen molar-refractivity contribution in [3.63, 3.8) is 0 Å². The van der Waals surface area contributed by atoms with Crippen LogP contribution in [0.1, 0.15) is 44.4 Å². The van der Waals surface area contributed by atoms with Gasteiger partial charge in [-0.1, -0.05) is 54.6 Å². The van der Waals surface area contributed by atoms with Crippen molar-refractivity contribution in [1.29, 1.82) is 0 Å². The molecular weight excluding hydrogens is 322 g/mol. The lowest BCUT2D eigenvalue weighted by atomic mass is 9.84. The number of fused-ring (bicyclic) bond motifs is 1. The molecule has 0 radical (unpaired) electrons. The normalized spacial score (nSPS) is 16.4. The van der Waals surface area contributed by atoms with Crippen molar-refractivity contribution in [1.82, 2.24) is 14.7 Å². The van der Waals surface area contributed by atoms with Crippen LogP contribution in [0, 0.1) is 13.8 Å². The minimum Gasteiger partial charge on any atom is -0.333 e. The monoisotopic (exact) mass is 345 g/mol. The van der Waals surface area contributed by atoms with E-state index in [1.54, 1.807) is 4.68 Å². The van der Waals surface area contributed by atoms with Crippen LogP contribution < -0.4 is 0 Å². The van der Waals surface area contributed by atoms with Crippen LogP contribution in [0.2, 0.25) is 0 Å². The molecule has 1 aliphatic rings. The molecule has 26 heavy (non-hydrogen) atoms. The van der Waals surface area contributed by atoms with Gasteiger partial charge in [-0.15, -0.1) is 0 Å². The second-order valence-electron chi connectivity index (χ2n) is 7.02. The van der Waals surface area contributed by atoms with Crippen LogP contribution in [0.3, 0.4) is 0 Å². The van der Waals surface area contributed by atoms with Gasteiger partial charge in [0, 0.05) is 31.7 Å². The average molecular weight is 345 g/mol. The Labute approximate surface area is 154 Å². The molecular formula is C22H23N3O. The summed E-state index contributed by atoms with van der Waals surface area (Å²) in [6.07, 6.45) is 0. The first-order valence-corrected chi connectivity index (χ1v) is 8.98. The molecule has 4 heteroatoms. The summed E-state index contributed by atoms with van der Waals surface area (Å²) >= 11 is 0. The molecule has 0 saturated carbocycles. The van der Waals surface area contributed by atoms with Crippen molar-refractivity contribution >= 4 is 5.91 Å². The number of rotatable bonds is 2. The van der Waals surface area contributed by atoms with Crippen molar-refractivity contribution in [2.24, 2.45) is 7.05 Å². The van der Waals surface area contributed by atoms with E-state index in [1.807, 2.05) is 31.9 Å². The Morgan fingerprint density at radius 2 is 1.73 bits per heavy atom. The number of benzene rings is 2. The Kier molecular flexibility index (Phi) is 4.11. The maximum absolute atomic E-state index is 13.3. The van der Waals surface area contributed by atoms with Crippen LogP contribution in [0.4, 0.5) is 0 Å². The quantitative estimate of drug-likeness (QED) is 0.708. The molecule has 1 aromatic heterocycles. The Balaban J connectivity index is 1.75. The van der Waals surface area contributed by atoms with Gasteiger partial charge in [0.25, 0.3) is 5.91 Å². The summed E-state index contributed by atoms with van der Waals surface area (Å²) in [6.45, 7) is 5.20. The fraction of sp³-hybridized carbons (Fsp3) is 0.273. The smallest absolute Gasteiger partial charge is 0.257 e. The van der Waals surface area contributed by atoms with E-state index in [-0.39, 0.29) is 11.8 Å². The van der Waals surface area contributed by atoms with Gasteiger partial charge in [0.05, 0.1) is 11.3 Å². The lowest BCUT2D eigenvalue weighted by Crippen LogP contribution is -2.39. The zero-order valence-electron chi connectivity index (χ0n) is 15.4. The van der Waals surface area contributed by atoms with Gasteiger partial charge in [-0.25, -0.2) is 0 Å². The highest BCUT2D eigenvalue weighted by Crippen LogP contribution is 2.34. The number of aryl methyl sites for hydroxylation is 2. The van der Waals surface area contributed by atoms with Crippen LogP contribution in [-0.2, 0) is 13.6 Å². The molecule has 4 nitrogen and oxygen atoms in total. The van der Waals surface area contributed by atoms with Gasteiger partial charge in [-0.3, -0.25) is 9.48 Å². The number of amides is 1. The molecule has 3 aromatic rings. The van der Waals surface area contributed by atoms with Crippen molar-refractivity contribution in [3.8, 4) is 0 Å². The lowest BCUT2D eigenvalue weighted by Gasteiger charge is -2.35. The zero-order valence-corrected chi connectivity index (χ0v) is 15.4. The Morgan fingerprint density at radius 1 is 1.04 bits per heavy atom. The second-order valence-corrected chi connectivity index (χ2v) is 7.02. The zero-order chi connectivity index (χ0) is 18.3. The molecule has 0 saturated heterocycles. The first-order chi connectivity index (χ1) is 12.6.